The molecule has 3 aliphatic heterocycles. The standard InChI is InChI=1S/C38H48O16/c1-5-38(48)13-22(27-30(37(38)47)34(46)28-29(33(27)45)32(44)26-17(31(28)43)7-6-8-19(26)40)52-24-11-20(41)36(16(4)50-24)54-25-12-21(42)35(15(3)51-25)53-23-10-9-18(39)14(2)49-23/h6-8,14-16,20-25,28-29,35-37,40-42,45-48H,5,9-13H2,1-4H3/t14?,15?,16?,20?,21?,22?,23?,24?,25?,28?,29?,35?,36?,37?,38-/m1/s1. The molecule has 1 aromatic carbocycles. The Morgan fingerprint density at radius 3 is 1.94 bits per heavy atom. The van der Waals surface area contributed by atoms with Gasteiger partial charge in [-0.15, -0.1) is 0 Å². The fourth-order valence-corrected chi connectivity index (χ4v) is 8.77. The lowest BCUT2D eigenvalue weighted by molar-refractivity contribution is -0.328. The minimum atomic E-state index is -1.90. The van der Waals surface area contributed by atoms with Gasteiger partial charge in [0.05, 0.1) is 53.5 Å². The van der Waals surface area contributed by atoms with Gasteiger partial charge in [-0.2, -0.15) is 0 Å². The second-order valence-electron chi connectivity index (χ2n) is 15.2. The van der Waals surface area contributed by atoms with Gasteiger partial charge in [0.2, 0.25) is 0 Å². The molecular formula is C38H48O16. The van der Waals surface area contributed by atoms with Crippen molar-refractivity contribution in [3.05, 3.63) is 52.0 Å². The van der Waals surface area contributed by atoms with Crippen LogP contribution >= 0.6 is 0 Å². The van der Waals surface area contributed by atoms with Crippen molar-refractivity contribution in [3.63, 3.8) is 0 Å². The smallest absolute Gasteiger partial charge is 0.179 e. The van der Waals surface area contributed by atoms with Crippen molar-refractivity contribution in [2.75, 3.05) is 0 Å². The van der Waals surface area contributed by atoms with Crippen molar-refractivity contribution in [2.24, 2.45) is 11.8 Å². The highest BCUT2D eigenvalue weighted by atomic mass is 16.7. The van der Waals surface area contributed by atoms with Gasteiger partial charge >= 0.3 is 0 Å². The highest BCUT2D eigenvalue weighted by Gasteiger charge is 2.58. The average Bonchev–Trinajstić information content (AvgIpc) is 3.11. The number of hydrogen-bond donors (Lipinski definition) is 7. The number of fused-ring (bicyclic) bond motifs is 3. The maximum atomic E-state index is 13.8. The molecule has 16 heteroatoms. The summed E-state index contributed by atoms with van der Waals surface area (Å²) < 4.78 is 36.1. The SMILES string of the molecule is CC[C@@]1(O)CC(OC2CC(O)C(OC3CC(O)C(OC4CCC(=O)C(C)O4)C(C)O3)C(C)O2)C2=C(O)C3C(=O)c4c(O)cccc4C(=O)C3C(O)=C2C1O. The molecule has 1 aromatic rings. The van der Waals surface area contributed by atoms with E-state index in [-0.39, 0.29) is 53.7 Å². The number of aromatic hydroxyl groups is 1. The van der Waals surface area contributed by atoms with Gasteiger partial charge in [-0.1, -0.05) is 19.1 Å². The first-order valence-corrected chi connectivity index (χ1v) is 18.5. The number of carbonyl (C=O) groups excluding carboxylic acids is 3. The van der Waals surface area contributed by atoms with Gasteiger partial charge in [-0.05, 0) is 33.3 Å². The number of hydrogen-bond acceptors (Lipinski definition) is 16. The molecule has 0 spiro atoms. The molecule has 0 aromatic heterocycles. The number of allylic oxidation sites excluding steroid dienone is 2. The summed E-state index contributed by atoms with van der Waals surface area (Å²) in [5, 5.41) is 79.0. The maximum absolute atomic E-state index is 13.8. The van der Waals surface area contributed by atoms with Crippen LogP contribution in [0, 0.1) is 11.8 Å². The van der Waals surface area contributed by atoms with Crippen molar-refractivity contribution < 1.29 is 78.6 Å². The zero-order valence-corrected chi connectivity index (χ0v) is 30.4. The van der Waals surface area contributed by atoms with Crippen LogP contribution in [-0.4, -0.2) is 133 Å². The molecule has 1 saturated carbocycles. The minimum Gasteiger partial charge on any atom is -0.511 e. The number of phenolic OH excluding ortho intramolecular Hbond substituents is 1. The molecule has 7 rings (SSSR count). The van der Waals surface area contributed by atoms with E-state index >= 15 is 0 Å². The summed E-state index contributed by atoms with van der Waals surface area (Å²) in [5.74, 6) is -6.68. The van der Waals surface area contributed by atoms with Crippen LogP contribution in [0.5, 0.6) is 5.75 Å². The molecule has 0 radical (unpaired) electrons. The molecule has 3 heterocycles. The maximum Gasteiger partial charge on any atom is 0.179 e. The zero-order valence-electron chi connectivity index (χ0n) is 30.4. The van der Waals surface area contributed by atoms with E-state index in [1.54, 1.807) is 27.7 Å². The lowest BCUT2D eigenvalue weighted by atomic mass is 9.62. The van der Waals surface area contributed by atoms with E-state index in [0.29, 0.717) is 12.8 Å². The first kappa shape index (κ1) is 39.0. The zero-order chi connectivity index (χ0) is 39.0. The van der Waals surface area contributed by atoms with Gasteiger partial charge < -0.3 is 64.2 Å². The Kier molecular flexibility index (Phi) is 10.6. The Balaban J connectivity index is 1.07. The van der Waals surface area contributed by atoms with Crippen LogP contribution in [0.1, 0.15) is 86.9 Å². The third kappa shape index (κ3) is 6.59. The second-order valence-corrected chi connectivity index (χ2v) is 15.2. The Labute approximate surface area is 310 Å². The predicted octanol–water partition coefficient (Wildman–Crippen LogP) is 1.79. The van der Waals surface area contributed by atoms with Crippen LogP contribution in [0.25, 0.3) is 0 Å². The van der Waals surface area contributed by atoms with E-state index in [1.807, 2.05) is 0 Å². The quantitative estimate of drug-likeness (QED) is 0.209. The molecule has 0 bridgehead atoms. The third-order valence-corrected chi connectivity index (χ3v) is 11.8. The van der Waals surface area contributed by atoms with Crippen molar-refractivity contribution in [1.29, 1.82) is 0 Å². The van der Waals surface area contributed by atoms with Crippen LogP contribution in [0.3, 0.4) is 0 Å². The fraction of sp³-hybridized carbons (Fsp3) is 0.658. The molecule has 6 aliphatic rings. The number of aliphatic hydroxyl groups excluding tert-OH is 5. The predicted molar refractivity (Wildman–Crippen MR) is 182 cm³/mol. The first-order chi connectivity index (χ1) is 25.5. The van der Waals surface area contributed by atoms with Crippen LogP contribution in [-0.2, 0) is 33.2 Å². The summed E-state index contributed by atoms with van der Waals surface area (Å²) in [6.07, 6.45) is -11.7. The summed E-state index contributed by atoms with van der Waals surface area (Å²) in [7, 11) is 0. The van der Waals surface area contributed by atoms with Crippen molar-refractivity contribution >= 4 is 17.3 Å². The molecule has 0 amide bonds. The van der Waals surface area contributed by atoms with Crippen molar-refractivity contribution in [2.45, 2.75) is 146 Å². The van der Waals surface area contributed by atoms with Gasteiger partial charge in [0, 0.05) is 48.8 Å². The summed E-state index contributed by atoms with van der Waals surface area (Å²) in [5.41, 5.74) is -2.89. The van der Waals surface area contributed by atoms with E-state index in [0.717, 1.165) is 0 Å². The first-order valence-electron chi connectivity index (χ1n) is 18.5. The van der Waals surface area contributed by atoms with Crippen molar-refractivity contribution in [1.82, 2.24) is 0 Å². The van der Waals surface area contributed by atoms with Crippen LogP contribution in [0.15, 0.2) is 40.9 Å². The van der Waals surface area contributed by atoms with E-state index in [2.05, 4.69) is 0 Å². The minimum absolute atomic E-state index is 0.00372. The van der Waals surface area contributed by atoms with Gasteiger partial charge in [0.15, 0.2) is 36.2 Å². The molecule has 54 heavy (non-hydrogen) atoms. The lowest BCUT2D eigenvalue weighted by Crippen LogP contribution is -2.57. The number of ketones is 3. The van der Waals surface area contributed by atoms with Crippen LogP contribution in [0.2, 0.25) is 0 Å². The number of phenols is 1. The molecule has 15 atom stereocenters. The van der Waals surface area contributed by atoms with E-state index in [9.17, 15) is 50.1 Å². The summed E-state index contributed by atoms with van der Waals surface area (Å²) in [4.78, 5) is 39.2. The molecule has 7 N–H and O–H groups in total. The Morgan fingerprint density at radius 2 is 1.35 bits per heavy atom. The second kappa shape index (κ2) is 14.7. The normalized spacial score (nSPS) is 42.8. The molecule has 3 saturated heterocycles. The fourth-order valence-electron chi connectivity index (χ4n) is 8.77. The molecule has 4 fully saturated rings. The number of Topliss-reactive ketones (excluding diaryl/α,β-unsaturated/α-hetero) is 3. The molecule has 14 unspecified atom stereocenters. The van der Waals surface area contributed by atoms with Crippen LogP contribution < -0.4 is 0 Å². The number of rotatable bonds is 7. The molecular weight excluding hydrogens is 712 g/mol. The van der Waals surface area contributed by atoms with Crippen molar-refractivity contribution in [3.8, 4) is 5.75 Å². The number of aliphatic hydroxyl groups is 6. The number of ether oxygens (including phenoxy) is 6. The summed E-state index contributed by atoms with van der Waals surface area (Å²) >= 11 is 0. The third-order valence-electron chi connectivity index (χ3n) is 11.8. The number of benzene rings is 1. The van der Waals surface area contributed by atoms with E-state index in [1.165, 1.54) is 18.2 Å². The topological polar surface area (TPSA) is 248 Å². The van der Waals surface area contributed by atoms with Gasteiger partial charge in [-0.25, -0.2) is 0 Å². The molecule has 3 aliphatic carbocycles. The largest absolute Gasteiger partial charge is 0.511 e. The summed E-state index contributed by atoms with van der Waals surface area (Å²) in [6, 6.07) is 3.92. The highest BCUT2D eigenvalue weighted by molar-refractivity contribution is 6.19. The monoisotopic (exact) mass is 760 g/mol. The number of carbonyl (C=O) groups is 3. The summed E-state index contributed by atoms with van der Waals surface area (Å²) in [6.45, 7) is 6.58. The van der Waals surface area contributed by atoms with Gasteiger partial charge in [0.1, 0.15) is 41.7 Å². The van der Waals surface area contributed by atoms with Gasteiger partial charge in [0.25, 0.3) is 0 Å². The average molecular weight is 761 g/mol. The highest BCUT2D eigenvalue weighted by Crippen LogP contribution is 2.52. The Morgan fingerprint density at radius 1 is 0.778 bits per heavy atom. The molecule has 16 nitrogen and oxygen atoms in total. The van der Waals surface area contributed by atoms with Gasteiger partial charge in [-0.3, -0.25) is 14.4 Å². The van der Waals surface area contributed by atoms with E-state index < -0.39 is 120 Å². The Hall–Kier alpha value is -3.29. The lowest BCUT2D eigenvalue weighted by Gasteiger charge is -2.48. The Bertz CT molecular complexity index is 1710. The van der Waals surface area contributed by atoms with E-state index in [4.69, 9.17) is 28.4 Å². The van der Waals surface area contributed by atoms with Crippen LogP contribution in [0.4, 0.5) is 0 Å². The molecule has 296 valence electrons.